The molecule has 0 bridgehead atoms. The molecule has 2 aromatic rings. The van der Waals surface area contributed by atoms with Gasteiger partial charge in [0.15, 0.2) is 0 Å². The van der Waals surface area contributed by atoms with Crippen LogP contribution in [-0.2, 0) is 6.54 Å². The molecule has 5 heteroatoms. The van der Waals surface area contributed by atoms with E-state index in [-0.39, 0.29) is 6.04 Å². The van der Waals surface area contributed by atoms with Gasteiger partial charge in [0.05, 0.1) is 6.54 Å². The fourth-order valence-electron chi connectivity index (χ4n) is 1.48. The van der Waals surface area contributed by atoms with Crippen molar-refractivity contribution in [2.45, 2.75) is 19.5 Å². The molecule has 0 aliphatic heterocycles. The Hall–Kier alpha value is -1.55. The summed E-state index contributed by atoms with van der Waals surface area (Å²) in [4.78, 5) is 4.17. The molecule has 0 saturated heterocycles. The summed E-state index contributed by atoms with van der Waals surface area (Å²) >= 11 is 5.80. The smallest absolute Gasteiger partial charge is 0.131 e. The predicted molar refractivity (Wildman–Crippen MR) is 64.6 cm³/mol. The van der Waals surface area contributed by atoms with Gasteiger partial charge < -0.3 is 5.32 Å². The molecule has 0 saturated carbocycles. The largest absolute Gasteiger partial charge is 0.366 e. The number of pyridine rings is 1. The summed E-state index contributed by atoms with van der Waals surface area (Å²) in [5.74, 6) is 0.784. The lowest BCUT2D eigenvalue weighted by atomic mass is 10.3. The molecule has 1 atom stereocenters. The molecule has 2 rings (SSSR count). The van der Waals surface area contributed by atoms with E-state index in [0.717, 1.165) is 12.4 Å². The van der Waals surface area contributed by atoms with E-state index >= 15 is 0 Å². The second-order valence-electron chi connectivity index (χ2n) is 3.62. The molecule has 4 nitrogen and oxygen atoms in total. The average Bonchev–Trinajstić information content (AvgIpc) is 2.70. The summed E-state index contributed by atoms with van der Waals surface area (Å²) in [7, 11) is 0. The van der Waals surface area contributed by atoms with Crippen LogP contribution in [-0.4, -0.2) is 20.8 Å². The second kappa shape index (κ2) is 4.99. The van der Waals surface area contributed by atoms with Crippen molar-refractivity contribution in [3.05, 3.63) is 41.8 Å². The molecule has 0 amide bonds. The van der Waals surface area contributed by atoms with Crippen LogP contribution in [0, 0.1) is 0 Å². The van der Waals surface area contributed by atoms with Gasteiger partial charge in [-0.25, -0.2) is 4.98 Å². The quantitative estimate of drug-likeness (QED) is 0.830. The van der Waals surface area contributed by atoms with Gasteiger partial charge in [0.1, 0.15) is 11.0 Å². The van der Waals surface area contributed by atoms with Crippen molar-refractivity contribution < 1.29 is 0 Å². The zero-order valence-electron chi connectivity index (χ0n) is 8.97. The highest BCUT2D eigenvalue weighted by molar-refractivity contribution is 6.29. The minimum absolute atomic E-state index is 0.242. The van der Waals surface area contributed by atoms with E-state index in [1.54, 1.807) is 12.3 Å². The SMILES string of the molecule is CC(Cn1cccn1)Nc1cccc(Cl)n1. The molecule has 84 valence electrons. The maximum atomic E-state index is 5.80. The summed E-state index contributed by atoms with van der Waals surface area (Å²) in [6, 6.07) is 7.67. The number of rotatable bonds is 4. The van der Waals surface area contributed by atoms with Crippen LogP contribution >= 0.6 is 11.6 Å². The van der Waals surface area contributed by atoms with E-state index in [1.165, 1.54) is 0 Å². The maximum Gasteiger partial charge on any atom is 0.131 e. The molecule has 2 aromatic heterocycles. The summed E-state index contributed by atoms with van der Waals surface area (Å²) in [5.41, 5.74) is 0. The van der Waals surface area contributed by atoms with Gasteiger partial charge >= 0.3 is 0 Å². The van der Waals surface area contributed by atoms with Crippen LogP contribution < -0.4 is 5.32 Å². The Labute approximate surface area is 99.3 Å². The third-order valence-corrected chi connectivity index (χ3v) is 2.34. The molecule has 1 unspecified atom stereocenters. The van der Waals surface area contributed by atoms with Gasteiger partial charge in [-0.1, -0.05) is 17.7 Å². The third-order valence-electron chi connectivity index (χ3n) is 2.13. The number of aromatic nitrogens is 3. The fraction of sp³-hybridized carbons (Fsp3) is 0.273. The van der Waals surface area contributed by atoms with Crippen molar-refractivity contribution >= 4 is 17.4 Å². The molecule has 2 heterocycles. The third kappa shape index (κ3) is 2.97. The highest BCUT2D eigenvalue weighted by atomic mass is 35.5. The minimum atomic E-state index is 0.242. The number of hydrogen-bond donors (Lipinski definition) is 1. The Morgan fingerprint density at radius 3 is 3.00 bits per heavy atom. The average molecular weight is 237 g/mol. The van der Waals surface area contributed by atoms with E-state index in [0.29, 0.717) is 5.15 Å². The van der Waals surface area contributed by atoms with Crippen LogP contribution in [0.25, 0.3) is 0 Å². The van der Waals surface area contributed by atoms with Gasteiger partial charge in [-0.3, -0.25) is 4.68 Å². The van der Waals surface area contributed by atoms with E-state index < -0.39 is 0 Å². The van der Waals surface area contributed by atoms with Gasteiger partial charge in [-0.15, -0.1) is 0 Å². The first-order valence-electron chi connectivity index (χ1n) is 5.10. The lowest BCUT2D eigenvalue weighted by Crippen LogP contribution is -2.22. The maximum absolute atomic E-state index is 5.80. The highest BCUT2D eigenvalue weighted by Crippen LogP contribution is 2.10. The number of hydrogen-bond acceptors (Lipinski definition) is 3. The molecule has 0 aliphatic carbocycles. The van der Waals surface area contributed by atoms with Gasteiger partial charge in [0, 0.05) is 18.4 Å². The van der Waals surface area contributed by atoms with Gasteiger partial charge in [0.2, 0.25) is 0 Å². The lowest BCUT2D eigenvalue weighted by molar-refractivity contribution is 0.560. The normalized spacial score (nSPS) is 12.4. The van der Waals surface area contributed by atoms with E-state index in [1.807, 2.05) is 29.1 Å². The van der Waals surface area contributed by atoms with Crippen LogP contribution in [0.5, 0.6) is 0 Å². The molecule has 1 N–H and O–H groups in total. The highest BCUT2D eigenvalue weighted by Gasteiger charge is 2.04. The van der Waals surface area contributed by atoms with E-state index in [9.17, 15) is 0 Å². The summed E-state index contributed by atoms with van der Waals surface area (Å²) in [5, 5.41) is 7.91. The zero-order valence-corrected chi connectivity index (χ0v) is 9.72. The number of nitrogens with zero attached hydrogens (tertiary/aromatic N) is 3. The fourth-order valence-corrected chi connectivity index (χ4v) is 1.64. The predicted octanol–water partition coefficient (Wildman–Crippen LogP) is 2.43. The Morgan fingerprint density at radius 1 is 1.44 bits per heavy atom. The molecular formula is C11H13ClN4. The van der Waals surface area contributed by atoms with Crippen LogP contribution in [0.3, 0.4) is 0 Å². The summed E-state index contributed by atoms with van der Waals surface area (Å²) < 4.78 is 1.88. The lowest BCUT2D eigenvalue weighted by Gasteiger charge is -2.14. The number of anilines is 1. The molecule has 0 spiro atoms. The van der Waals surface area contributed by atoms with Crippen LogP contribution in [0.4, 0.5) is 5.82 Å². The molecule has 0 radical (unpaired) electrons. The van der Waals surface area contributed by atoms with Crippen molar-refractivity contribution in [1.29, 1.82) is 0 Å². The van der Waals surface area contributed by atoms with Crippen molar-refractivity contribution in [3.8, 4) is 0 Å². The van der Waals surface area contributed by atoms with Crippen LogP contribution in [0.15, 0.2) is 36.7 Å². The molecule has 0 fully saturated rings. The first-order valence-corrected chi connectivity index (χ1v) is 5.48. The van der Waals surface area contributed by atoms with Crippen molar-refractivity contribution in [2.24, 2.45) is 0 Å². The van der Waals surface area contributed by atoms with Crippen molar-refractivity contribution in [1.82, 2.24) is 14.8 Å². The first kappa shape index (κ1) is 11.0. The topological polar surface area (TPSA) is 42.7 Å². The first-order chi connectivity index (χ1) is 7.74. The van der Waals surface area contributed by atoms with E-state index in [4.69, 9.17) is 11.6 Å². The summed E-state index contributed by atoms with van der Waals surface area (Å²) in [6.45, 7) is 2.87. The Bertz CT molecular complexity index is 441. The molecular weight excluding hydrogens is 224 g/mol. The Kier molecular flexibility index (Phi) is 3.41. The van der Waals surface area contributed by atoms with Crippen LogP contribution in [0.2, 0.25) is 5.15 Å². The summed E-state index contributed by atoms with van der Waals surface area (Å²) in [6.07, 6.45) is 3.70. The van der Waals surface area contributed by atoms with Crippen molar-refractivity contribution in [2.75, 3.05) is 5.32 Å². The number of nitrogens with one attached hydrogen (secondary N) is 1. The molecule has 0 aromatic carbocycles. The van der Waals surface area contributed by atoms with E-state index in [2.05, 4.69) is 22.3 Å². The second-order valence-corrected chi connectivity index (χ2v) is 4.01. The number of halogens is 1. The monoisotopic (exact) mass is 236 g/mol. The zero-order chi connectivity index (χ0) is 11.4. The Balaban J connectivity index is 1.94. The van der Waals surface area contributed by atoms with Gasteiger partial charge in [-0.05, 0) is 25.1 Å². The van der Waals surface area contributed by atoms with Crippen LogP contribution in [0.1, 0.15) is 6.92 Å². The van der Waals surface area contributed by atoms with Gasteiger partial charge in [0.25, 0.3) is 0 Å². The van der Waals surface area contributed by atoms with Crippen molar-refractivity contribution in [3.63, 3.8) is 0 Å². The molecule has 16 heavy (non-hydrogen) atoms. The van der Waals surface area contributed by atoms with Gasteiger partial charge in [-0.2, -0.15) is 5.10 Å². The standard InChI is InChI=1S/C11H13ClN4/c1-9(8-16-7-3-6-13-16)14-11-5-2-4-10(12)15-11/h2-7,9H,8H2,1H3,(H,14,15). The minimum Gasteiger partial charge on any atom is -0.366 e. The Morgan fingerprint density at radius 2 is 2.31 bits per heavy atom. The molecule has 0 aliphatic rings.